The van der Waals surface area contributed by atoms with E-state index in [9.17, 15) is 4.79 Å². The van der Waals surface area contributed by atoms with Crippen molar-refractivity contribution in [1.29, 1.82) is 0 Å². The molecule has 3 aromatic rings. The molecule has 0 saturated heterocycles. The molecule has 1 amide bonds. The van der Waals surface area contributed by atoms with Gasteiger partial charge in [0.25, 0.3) is 0 Å². The summed E-state index contributed by atoms with van der Waals surface area (Å²) in [5, 5.41) is 0.809. The molecule has 0 aliphatic carbocycles. The second-order valence-electron chi connectivity index (χ2n) is 7.05. The molecule has 3 rings (SSSR count). The van der Waals surface area contributed by atoms with Crippen molar-refractivity contribution in [2.45, 2.75) is 32.6 Å². The van der Waals surface area contributed by atoms with Gasteiger partial charge in [-0.05, 0) is 50.2 Å². The van der Waals surface area contributed by atoms with E-state index >= 15 is 0 Å². The van der Waals surface area contributed by atoms with Crippen LogP contribution in [0.2, 0.25) is 0 Å². The first-order valence-electron chi connectivity index (χ1n) is 10.1. The lowest BCUT2D eigenvalue weighted by molar-refractivity contribution is -0.116. The highest BCUT2D eigenvalue weighted by Crippen LogP contribution is 2.33. The maximum Gasteiger partial charge on any atom is 0.239 e. The van der Waals surface area contributed by atoms with E-state index in [2.05, 4.69) is 44.7 Å². The maximum absolute atomic E-state index is 13.2. The van der Waals surface area contributed by atoms with E-state index in [-0.39, 0.29) is 18.3 Å². The lowest BCUT2D eigenvalue weighted by Gasteiger charge is -2.24. The number of rotatable bonds is 9. The molecule has 0 bridgehead atoms. The van der Waals surface area contributed by atoms with Crippen molar-refractivity contribution >= 4 is 56.8 Å². The number of thiazole rings is 1. The molecule has 0 unspecified atom stereocenters. The summed E-state index contributed by atoms with van der Waals surface area (Å²) in [5.74, 6) is 0.524. The Morgan fingerprint density at radius 3 is 2.30 bits per heavy atom. The molecule has 2 aromatic carbocycles. The minimum Gasteiger partial charge on any atom is -0.302 e. The van der Waals surface area contributed by atoms with Crippen molar-refractivity contribution in [3.8, 4) is 0 Å². The van der Waals surface area contributed by atoms with Gasteiger partial charge in [0, 0.05) is 18.0 Å². The molecule has 0 saturated carbocycles. The van der Waals surface area contributed by atoms with Gasteiger partial charge in [-0.2, -0.15) is 0 Å². The van der Waals surface area contributed by atoms with Crippen molar-refractivity contribution in [2.24, 2.45) is 0 Å². The molecule has 162 valence electrons. The smallest absolute Gasteiger partial charge is 0.239 e. The highest BCUT2D eigenvalue weighted by Gasteiger charge is 2.21. The van der Waals surface area contributed by atoms with Gasteiger partial charge in [-0.1, -0.05) is 55.5 Å². The number of thioether (sulfide) groups is 1. The van der Waals surface area contributed by atoms with Crippen LogP contribution in [0.4, 0.5) is 5.13 Å². The fourth-order valence-corrected chi connectivity index (χ4v) is 5.16. The molecule has 30 heavy (non-hydrogen) atoms. The average Bonchev–Trinajstić information content (AvgIpc) is 3.19. The highest BCUT2D eigenvalue weighted by atomic mass is 35.5. The van der Waals surface area contributed by atoms with Crippen LogP contribution in [0.15, 0.2) is 47.4 Å². The van der Waals surface area contributed by atoms with Crippen LogP contribution in [0.25, 0.3) is 10.2 Å². The molecule has 0 aliphatic heterocycles. The molecule has 1 aromatic heterocycles. The average molecular weight is 464 g/mol. The second kappa shape index (κ2) is 11.7. The van der Waals surface area contributed by atoms with Gasteiger partial charge in [-0.15, -0.1) is 24.2 Å². The monoisotopic (exact) mass is 463 g/mol. The van der Waals surface area contributed by atoms with Crippen LogP contribution in [0, 0.1) is 13.8 Å². The molecule has 7 heteroatoms. The van der Waals surface area contributed by atoms with E-state index in [0.717, 1.165) is 40.7 Å². The summed E-state index contributed by atoms with van der Waals surface area (Å²) in [5.41, 5.74) is 3.38. The molecular weight excluding hydrogens is 434 g/mol. The third kappa shape index (κ3) is 5.97. The summed E-state index contributed by atoms with van der Waals surface area (Å²) in [6.45, 7) is 12.0. The van der Waals surface area contributed by atoms with E-state index < -0.39 is 0 Å². The Labute approximate surface area is 194 Å². The summed E-state index contributed by atoms with van der Waals surface area (Å²) in [6.07, 6.45) is 0. The zero-order valence-corrected chi connectivity index (χ0v) is 20.5. The van der Waals surface area contributed by atoms with Gasteiger partial charge < -0.3 is 4.90 Å². The van der Waals surface area contributed by atoms with Crippen molar-refractivity contribution in [2.75, 3.05) is 36.8 Å². The van der Waals surface area contributed by atoms with Gasteiger partial charge in [0.15, 0.2) is 5.13 Å². The Morgan fingerprint density at radius 2 is 1.67 bits per heavy atom. The molecule has 1 heterocycles. The third-order valence-electron chi connectivity index (χ3n) is 5.10. The standard InChI is InChI=1S/C23H29N3OS2.ClH/c1-5-25(6-2)14-15-26(20(27)16-28-19-10-8-7-9-11-19)23-24-21-17(3)12-13-18(4)22(21)29-23;/h7-13H,5-6,14-16H2,1-4H3;1H. The number of fused-ring (bicyclic) bond motifs is 1. The SMILES string of the molecule is CCN(CC)CCN(C(=O)CSc1ccccc1)c1nc2c(C)ccc(C)c2s1.Cl. The van der Waals surface area contributed by atoms with Crippen molar-refractivity contribution in [3.05, 3.63) is 53.6 Å². The number of nitrogens with zero attached hydrogens (tertiary/aromatic N) is 3. The number of anilines is 1. The van der Waals surface area contributed by atoms with E-state index in [1.807, 2.05) is 35.2 Å². The van der Waals surface area contributed by atoms with Gasteiger partial charge in [0.05, 0.1) is 16.0 Å². The predicted octanol–water partition coefficient (Wildman–Crippen LogP) is 5.80. The molecule has 4 nitrogen and oxygen atoms in total. The predicted molar refractivity (Wildman–Crippen MR) is 134 cm³/mol. The molecular formula is C23H30ClN3OS2. The fourth-order valence-electron chi connectivity index (χ4n) is 3.21. The normalized spacial score (nSPS) is 11.0. The Bertz CT molecular complexity index is 919. The number of aryl methyl sites for hydroxylation is 2. The van der Waals surface area contributed by atoms with Gasteiger partial charge in [0.2, 0.25) is 5.91 Å². The summed E-state index contributed by atoms with van der Waals surface area (Å²) in [6, 6.07) is 14.3. The summed E-state index contributed by atoms with van der Waals surface area (Å²) < 4.78 is 1.18. The number of halogens is 1. The van der Waals surface area contributed by atoms with Gasteiger partial charge >= 0.3 is 0 Å². The lowest BCUT2D eigenvalue weighted by atomic mass is 10.1. The Balaban J connectivity index is 0.00000320. The summed E-state index contributed by atoms with van der Waals surface area (Å²) in [4.78, 5) is 23.4. The van der Waals surface area contributed by atoms with Crippen LogP contribution in [0.5, 0.6) is 0 Å². The zero-order valence-electron chi connectivity index (χ0n) is 18.1. The first-order chi connectivity index (χ1) is 14.0. The van der Waals surface area contributed by atoms with Crippen LogP contribution in [0.1, 0.15) is 25.0 Å². The molecule has 0 atom stereocenters. The second-order valence-corrected chi connectivity index (χ2v) is 9.07. The highest BCUT2D eigenvalue weighted by molar-refractivity contribution is 8.00. The third-order valence-corrected chi connectivity index (χ3v) is 7.31. The zero-order chi connectivity index (χ0) is 20.8. The maximum atomic E-state index is 13.2. The molecule has 0 spiro atoms. The number of carbonyl (C=O) groups is 1. The van der Waals surface area contributed by atoms with E-state index in [4.69, 9.17) is 4.98 Å². The number of hydrogen-bond acceptors (Lipinski definition) is 5. The minimum atomic E-state index is 0. The number of hydrogen-bond donors (Lipinski definition) is 0. The van der Waals surface area contributed by atoms with Crippen LogP contribution < -0.4 is 4.90 Å². The Kier molecular flexibility index (Phi) is 9.62. The molecule has 0 N–H and O–H groups in total. The lowest BCUT2D eigenvalue weighted by Crippen LogP contribution is -2.39. The van der Waals surface area contributed by atoms with Crippen LogP contribution in [-0.2, 0) is 4.79 Å². The quantitative estimate of drug-likeness (QED) is 0.375. The largest absolute Gasteiger partial charge is 0.302 e. The van der Waals surface area contributed by atoms with Crippen LogP contribution in [-0.4, -0.2) is 47.7 Å². The number of aromatic nitrogens is 1. The van der Waals surface area contributed by atoms with Gasteiger partial charge in [-0.25, -0.2) is 4.98 Å². The van der Waals surface area contributed by atoms with Gasteiger partial charge in [0.1, 0.15) is 0 Å². The first kappa shape index (κ1) is 24.7. The topological polar surface area (TPSA) is 36.4 Å². The number of likely N-dealkylation sites (N-methyl/N-ethyl adjacent to an activating group) is 1. The summed E-state index contributed by atoms with van der Waals surface area (Å²) in [7, 11) is 0. The van der Waals surface area contributed by atoms with Crippen molar-refractivity contribution in [3.63, 3.8) is 0 Å². The molecule has 0 aliphatic rings. The molecule has 0 fully saturated rings. The van der Waals surface area contributed by atoms with E-state index in [0.29, 0.717) is 12.3 Å². The Morgan fingerprint density at radius 1 is 1.00 bits per heavy atom. The number of carbonyl (C=O) groups excluding carboxylic acids is 1. The summed E-state index contributed by atoms with van der Waals surface area (Å²) >= 11 is 3.21. The van der Waals surface area contributed by atoms with Crippen molar-refractivity contribution < 1.29 is 4.79 Å². The molecule has 0 radical (unpaired) electrons. The Hall–Kier alpha value is -1.60. The van der Waals surface area contributed by atoms with Crippen molar-refractivity contribution in [1.82, 2.24) is 9.88 Å². The van der Waals surface area contributed by atoms with E-state index in [1.165, 1.54) is 10.3 Å². The number of benzene rings is 2. The fraction of sp³-hybridized carbons (Fsp3) is 0.391. The van der Waals surface area contributed by atoms with Crippen LogP contribution >= 0.6 is 35.5 Å². The first-order valence-corrected chi connectivity index (χ1v) is 11.9. The van der Waals surface area contributed by atoms with Gasteiger partial charge in [-0.3, -0.25) is 9.69 Å². The van der Waals surface area contributed by atoms with E-state index in [1.54, 1.807) is 23.1 Å². The number of amides is 1. The minimum absolute atomic E-state index is 0. The van der Waals surface area contributed by atoms with Crippen LogP contribution in [0.3, 0.4) is 0 Å².